The van der Waals surface area contributed by atoms with Crippen LogP contribution in [-0.4, -0.2) is 5.78 Å². The molecule has 0 aliphatic heterocycles. The highest BCUT2D eigenvalue weighted by molar-refractivity contribution is 9.10. The molecule has 3 heteroatoms. The Morgan fingerprint density at radius 2 is 1.94 bits per heavy atom. The van der Waals surface area contributed by atoms with Crippen molar-refractivity contribution in [2.45, 2.75) is 32.1 Å². The lowest BCUT2D eigenvalue weighted by molar-refractivity contribution is -0.121. The third-order valence-corrected chi connectivity index (χ3v) is 3.57. The Labute approximate surface area is 103 Å². The molecule has 16 heavy (non-hydrogen) atoms. The lowest BCUT2D eigenvalue weighted by atomic mass is 9.84. The summed E-state index contributed by atoms with van der Waals surface area (Å²) >= 11 is 3.29. The van der Waals surface area contributed by atoms with E-state index in [1.807, 2.05) is 6.07 Å². The van der Waals surface area contributed by atoms with Gasteiger partial charge in [0.2, 0.25) is 0 Å². The molecule has 0 aromatic heterocycles. The highest BCUT2D eigenvalue weighted by Crippen LogP contribution is 2.26. The zero-order chi connectivity index (χ0) is 11.5. The van der Waals surface area contributed by atoms with Crippen molar-refractivity contribution >= 4 is 21.7 Å². The Morgan fingerprint density at radius 1 is 1.25 bits per heavy atom. The maximum atomic E-state index is 13.2. The smallest absolute Gasteiger partial charge is 0.132 e. The van der Waals surface area contributed by atoms with Crippen LogP contribution in [0.25, 0.3) is 0 Å². The van der Waals surface area contributed by atoms with Gasteiger partial charge in [-0.25, -0.2) is 4.39 Å². The fourth-order valence-electron chi connectivity index (χ4n) is 2.27. The molecule has 0 unspecified atom stereocenters. The normalized spacial score (nSPS) is 17.8. The van der Waals surface area contributed by atoms with E-state index < -0.39 is 0 Å². The lowest BCUT2D eigenvalue weighted by Gasteiger charge is -2.20. The van der Waals surface area contributed by atoms with Crippen molar-refractivity contribution in [2.24, 2.45) is 5.92 Å². The van der Waals surface area contributed by atoms with E-state index in [2.05, 4.69) is 15.9 Å². The van der Waals surface area contributed by atoms with Crippen molar-refractivity contribution in [1.29, 1.82) is 0 Å². The molecule has 1 aromatic rings. The van der Waals surface area contributed by atoms with Crippen LogP contribution < -0.4 is 0 Å². The number of Topliss-reactive ketones (excluding diaryl/α,β-unsaturated/α-hetero) is 1. The summed E-state index contributed by atoms with van der Waals surface area (Å²) in [5, 5.41) is 0. The highest BCUT2D eigenvalue weighted by Gasteiger charge is 2.19. The number of benzene rings is 1. The third kappa shape index (κ3) is 3.14. The highest BCUT2D eigenvalue weighted by atomic mass is 79.9. The summed E-state index contributed by atoms with van der Waals surface area (Å²) in [5.74, 6) is 0.708. The van der Waals surface area contributed by atoms with Crippen LogP contribution >= 0.6 is 15.9 Å². The van der Waals surface area contributed by atoms with Crippen LogP contribution in [0.15, 0.2) is 22.7 Å². The second kappa shape index (κ2) is 5.09. The number of hydrogen-bond donors (Lipinski definition) is 0. The van der Waals surface area contributed by atoms with E-state index >= 15 is 0 Å². The van der Waals surface area contributed by atoms with Crippen molar-refractivity contribution < 1.29 is 9.18 Å². The molecule has 0 heterocycles. The van der Waals surface area contributed by atoms with Gasteiger partial charge in [0.25, 0.3) is 0 Å². The van der Waals surface area contributed by atoms with Gasteiger partial charge in [-0.05, 0) is 48.9 Å². The first-order chi connectivity index (χ1) is 7.63. The van der Waals surface area contributed by atoms with Crippen LogP contribution in [0.4, 0.5) is 4.39 Å². The van der Waals surface area contributed by atoms with Gasteiger partial charge in [-0.1, -0.05) is 15.9 Å². The number of rotatable bonds is 2. The SMILES string of the molecule is O=C1CCC(Cc2cc(F)cc(Br)c2)CC1. The van der Waals surface area contributed by atoms with Gasteiger partial charge in [0.15, 0.2) is 0 Å². The topological polar surface area (TPSA) is 17.1 Å². The Hall–Kier alpha value is -0.700. The second-order valence-electron chi connectivity index (χ2n) is 4.46. The van der Waals surface area contributed by atoms with Gasteiger partial charge in [-0.15, -0.1) is 0 Å². The van der Waals surface area contributed by atoms with Crippen molar-refractivity contribution in [3.05, 3.63) is 34.1 Å². The zero-order valence-corrected chi connectivity index (χ0v) is 10.6. The minimum absolute atomic E-state index is 0.198. The molecule has 0 radical (unpaired) electrons. The van der Waals surface area contributed by atoms with Gasteiger partial charge in [-0.3, -0.25) is 4.79 Å². The summed E-state index contributed by atoms with van der Waals surface area (Å²) in [6.07, 6.45) is 4.17. The van der Waals surface area contributed by atoms with Crippen molar-refractivity contribution in [2.75, 3.05) is 0 Å². The first-order valence-corrected chi connectivity index (χ1v) is 6.39. The molecule has 0 amide bonds. The molecule has 1 saturated carbocycles. The molecule has 1 nitrogen and oxygen atoms in total. The number of carbonyl (C=O) groups excluding carboxylic acids is 1. The van der Waals surface area contributed by atoms with E-state index in [0.29, 0.717) is 24.5 Å². The van der Waals surface area contributed by atoms with E-state index in [0.717, 1.165) is 29.3 Å². The maximum Gasteiger partial charge on any atom is 0.132 e. The molecule has 0 N–H and O–H groups in total. The molecule has 2 rings (SSSR count). The Bertz CT molecular complexity index is 373. The van der Waals surface area contributed by atoms with Gasteiger partial charge in [0.1, 0.15) is 11.6 Å². The first kappa shape index (κ1) is 11.8. The van der Waals surface area contributed by atoms with Gasteiger partial charge >= 0.3 is 0 Å². The average Bonchev–Trinajstić information content (AvgIpc) is 2.20. The van der Waals surface area contributed by atoms with Crippen LogP contribution in [0, 0.1) is 11.7 Å². The first-order valence-electron chi connectivity index (χ1n) is 5.60. The Balaban J connectivity index is 2.00. The summed E-state index contributed by atoms with van der Waals surface area (Å²) in [6, 6.07) is 5.01. The van der Waals surface area contributed by atoms with E-state index in [4.69, 9.17) is 0 Å². The lowest BCUT2D eigenvalue weighted by Crippen LogP contribution is -2.15. The predicted octanol–water partition coefficient (Wildman–Crippen LogP) is 3.89. The third-order valence-electron chi connectivity index (χ3n) is 3.11. The number of ketones is 1. The molecule has 86 valence electrons. The van der Waals surface area contributed by atoms with Crippen LogP contribution in [0.5, 0.6) is 0 Å². The quantitative estimate of drug-likeness (QED) is 0.805. The average molecular weight is 285 g/mol. The minimum atomic E-state index is -0.198. The molecular formula is C13H14BrFO. The molecule has 1 aliphatic rings. The molecule has 0 spiro atoms. The molecule has 1 aromatic carbocycles. The molecule has 1 fully saturated rings. The van der Waals surface area contributed by atoms with Gasteiger partial charge in [-0.2, -0.15) is 0 Å². The van der Waals surface area contributed by atoms with Crippen LogP contribution in [0.1, 0.15) is 31.2 Å². The van der Waals surface area contributed by atoms with Crippen LogP contribution in [-0.2, 0) is 11.2 Å². The van der Waals surface area contributed by atoms with Gasteiger partial charge in [0.05, 0.1) is 0 Å². The van der Waals surface area contributed by atoms with E-state index in [-0.39, 0.29) is 5.82 Å². The van der Waals surface area contributed by atoms with Gasteiger partial charge < -0.3 is 0 Å². The monoisotopic (exact) mass is 284 g/mol. The van der Waals surface area contributed by atoms with E-state index in [9.17, 15) is 9.18 Å². The van der Waals surface area contributed by atoms with E-state index in [1.165, 1.54) is 6.07 Å². The number of halogens is 2. The van der Waals surface area contributed by atoms with Crippen molar-refractivity contribution in [1.82, 2.24) is 0 Å². The molecule has 0 atom stereocenters. The minimum Gasteiger partial charge on any atom is -0.300 e. The Morgan fingerprint density at radius 3 is 2.56 bits per heavy atom. The standard InChI is InChI=1S/C13H14BrFO/c14-11-6-10(7-12(15)8-11)5-9-1-3-13(16)4-2-9/h6-9H,1-5H2. The number of carbonyl (C=O) groups is 1. The summed E-state index contributed by atoms with van der Waals surface area (Å²) in [5.41, 5.74) is 1.02. The van der Waals surface area contributed by atoms with Crippen molar-refractivity contribution in [3.63, 3.8) is 0 Å². The molecule has 0 saturated heterocycles. The van der Waals surface area contributed by atoms with E-state index in [1.54, 1.807) is 6.07 Å². The fourth-order valence-corrected chi connectivity index (χ4v) is 2.78. The largest absolute Gasteiger partial charge is 0.300 e. The second-order valence-corrected chi connectivity index (χ2v) is 5.38. The molecular weight excluding hydrogens is 271 g/mol. The predicted molar refractivity (Wildman–Crippen MR) is 64.8 cm³/mol. The van der Waals surface area contributed by atoms with Crippen LogP contribution in [0.2, 0.25) is 0 Å². The van der Waals surface area contributed by atoms with Gasteiger partial charge in [0, 0.05) is 17.3 Å². The summed E-state index contributed by atoms with van der Waals surface area (Å²) < 4.78 is 13.9. The summed E-state index contributed by atoms with van der Waals surface area (Å²) in [7, 11) is 0. The fraction of sp³-hybridized carbons (Fsp3) is 0.462. The summed E-state index contributed by atoms with van der Waals surface area (Å²) in [6.45, 7) is 0. The zero-order valence-electron chi connectivity index (χ0n) is 9.01. The van der Waals surface area contributed by atoms with Crippen LogP contribution in [0.3, 0.4) is 0 Å². The molecule has 0 bridgehead atoms. The number of hydrogen-bond acceptors (Lipinski definition) is 1. The maximum absolute atomic E-state index is 13.2. The molecule has 1 aliphatic carbocycles. The Kier molecular flexibility index (Phi) is 3.74. The van der Waals surface area contributed by atoms with Crippen molar-refractivity contribution in [3.8, 4) is 0 Å². The summed E-state index contributed by atoms with van der Waals surface area (Å²) in [4.78, 5) is 11.1.